The molecule has 4 heteroatoms. The first-order valence-corrected chi connectivity index (χ1v) is 7.00. The van der Waals surface area contributed by atoms with Crippen LogP contribution in [-0.2, 0) is 0 Å². The molecule has 0 bridgehead atoms. The Balaban J connectivity index is 2.24. The van der Waals surface area contributed by atoms with Crippen molar-refractivity contribution in [3.8, 4) is 10.4 Å². The van der Waals surface area contributed by atoms with Crippen molar-refractivity contribution in [3.63, 3.8) is 0 Å². The molecule has 19 heavy (non-hydrogen) atoms. The standard InChI is InChI=1S/C15H10ClNOS/c1-9(18)13-6-7-14(19-13)11-4-5-12(16)10-3-2-8-17-15(10)11/h2-8H,1H3. The normalized spacial score (nSPS) is 10.8. The smallest absolute Gasteiger partial charge is 0.169 e. The van der Waals surface area contributed by atoms with Crippen LogP contribution in [0.3, 0.4) is 0 Å². The number of benzene rings is 1. The second-order valence-corrected chi connectivity index (χ2v) is 5.71. The molecular formula is C15H10ClNOS. The molecule has 94 valence electrons. The molecule has 0 atom stereocenters. The number of ketones is 1. The minimum absolute atomic E-state index is 0.0856. The molecule has 1 aromatic carbocycles. The van der Waals surface area contributed by atoms with Gasteiger partial charge >= 0.3 is 0 Å². The van der Waals surface area contributed by atoms with Crippen molar-refractivity contribution in [2.45, 2.75) is 6.92 Å². The number of thiophene rings is 1. The summed E-state index contributed by atoms with van der Waals surface area (Å²) in [5, 5.41) is 1.62. The molecule has 0 amide bonds. The predicted octanol–water partition coefficient (Wildman–Crippen LogP) is 4.82. The van der Waals surface area contributed by atoms with E-state index in [4.69, 9.17) is 11.6 Å². The van der Waals surface area contributed by atoms with Crippen LogP contribution < -0.4 is 0 Å². The van der Waals surface area contributed by atoms with E-state index in [0.717, 1.165) is 26.2 Å². The summed E-state index contributed by atoms with van der Waals surface area (Å²) in [6.45, 7) is 1.58. The van der Waals surface area contributed by atoms with Crippen LogP contribution >= 0.6 is 22.9 Å². The van der Waals surface area contributed by atoms with Crippen molar-refractivity contribution in [2.75, 3.05) is 0 Å². The fraction of sp³-hybridized carbons (Fsp3) is 0.0667. The van der Waals surface area contributed by atoms with Gasteiger partial charge in [0.05, 0.1) is 15.4 Å². The third kappa shape index (κ3) is 2.15. The predicted molar refractivity (Wildman–Crippen MR) is 80.1 cm³/mol. The summed E-state index contributed by atoms with van der Waals surface area (Å²) in [5.74, 6) is 0.0856. The first kappa shape index (κ1) is 12.3. The number of carbonyl (C=O) groups is 1. The summed E-state index contributed by atoms with van der Waals surface area (Å²) in [6.07, 6.45) is 1.75. The van der Waals surface area contributed by atoms with Crippen LogP contribution in [0.15, 0.2) is 42.6 Å². The van der Waals surface area contributed by atoms with Crippen molar-refractivity contribution in [1.29, 1.82) is 0 Å². The second-order valence-electron chi connectivity index (χ2n) is 4.21. The van der Waals surface area contributed by atoms with Crippen LogP contribution in [0.25, 0.3) is 21.3 Å². The highest BCUT2D eigenvalue weighted by atomic mass is 35.5. The average Bonchev–Trinajstić information content (AvgIpc) is 2.89. The Morgan fingerprint density at radius 2 is 2.05 bits per heavy atom. The number of fused-ring (bicyclic) bond motifs is 1. The van der Waals surface area contributed by atoms with Gasteiger partial charge < -0.3 is 0 Å². The van der Waals surface area contributed by atoms with Crippen LogP contribution in [0, 0.1) is 0 Å². The van der Waals surface area contributed by atoms with E-state index in [-0.39, 0.29) is 5.78 Å². The number of aromatic nitrogens is 1. The number of hydrogen-bond donors (Lipinski definition) is 0. The SMILES string of the molecule is CC(=O)c1ccc(-c2ccc(Cl)c3cccnc23)s1. The summed E-state index contributed by atoms with van der Waals surface area (Å²) in [4.78, 5) is 17.6. The van der Waals surface area contributed by atoms with Gasteiger partial charge in [0.2, 0.25) is 0 Å². The van der Waals surface area contributed by atoms with Gasteiger partial charge in [-0.1, -0.05) is 11.6 Å². The first-order chi connectivity index (χ1) is 9.16. The number of hydrogen-bond acceptors (Lipinski definition) is 3. The lowest BCUT2D eigenvalue weighted by molar-refractivity contribution is 0.102. The molecular weight excluding hydrogens is 278 g/mol. The van der Waals surface area contributed by atoms with Crippen LogP contribution in [0.4, 0.5) is 0 Å². The fourth-order valence-corrected chi connectivity index (χ4v) is 3.15. The molecule has 0 radical (unpaired) electrons. The number of Topliss-reactive ketones (excluding diaryl/α,β-unsaturated/α-hetero) is 1. The zero-order valence-electron chi connectivity index (χ0n) is 10.2. The molecule has 0 saturated heterocycles. The molecule has 0 saturated carbocycles. The van der Waals surface area contributed by atoms with Crippen molar-refractivity contribution < 1.29 is 4.79 Å². The lowest BCUT2D eigenvalue weighted by atomic mass is 10.1. The third-order valence-corrected chi connectivity index (χ3v) is 4.48. The minimum Gasteiger partial charge on any atom is -0.294 e. The Morgan fingerprint density at radius 1 is 1.21 bits per heavy atom. The summed E-state index contributed by atoms with van der Waals surface area (Å²) in [5.41, 5.74) is 1.88. The maximum absolute atomic E-state index is 11.4. The number of nitrogens with zero attached hydrogens (tertiary/aromatic N) is 1. The van der Waals surface area contributed by atoms with Gasteiger partial charge in [-0.2, -0.15) is 0 Å². The minimum atomic E-state index is 0.0856. The Kier molecular flexibility index (Phi) is 3.09. The quantitative estimate of drug-likeness (QED) is 0.633. The molecule has 2 aromatic heterocycles. The Hall–Kier alpha value is -1.71. The average molecular weight is 288 g/mol. The van der Waals surface area contributed by atoms with Gasteiger partial charge in [-0.25, -0.2) is 0 Å². The molecule has 2 heterocycles. The maximum Gasteiger partial charge on any atom is 0.169 e. The molecule has 0 unspecified atom stereocenters. The van der Waals surface area contributed by atoms with E-state index in [1.54, 1.807) is 13.1 Å². The Labute approximate surface area is 119 Å². The Bertz CT molecular complexity index is 779. The number of rotatable bonds is 2. The van der Waals surface area contributed by atoms with Crippen molar-refractivity contribution >= 4 is 39.6 Å². The van der Waals surface area contributed by atoms with Crippen molar-refractivity contribution in [3.05, 3.63) is 52.5 Å². The molecule has 0 aliphatic rings. The van der Waals surface area contributed by atoms with Gasteiger partial charge in [0.1, 0.15) is 0 Å². The van der Waals surface area contributed by atoms with Gasteiger partial charge in [-0.15, -0.1) is 11.3 Å². The van der Waals surface area contributed by atoms with Gasteiger partial charge in [0.25, 0.3) is 0 Å². The molecule has 0 spiro atoms. The molecule has 0 fully saturated rings. The molecule has 3 rings (SSSR count). The topological polar surface area (TPSA) is 30.0 Å². The van der Waals surface area contributed by atoms with E-state index in [9.17, 15) is 4.79 Å². The van der Waals surface area contributed by atoms with Gasteiger partial charge in [0, 0.05) is 22.0 Å². The van der Waals surface area contributed by atoms with Crippen LogP contribution in [0.5, 0.6) is 0 Å². The lowest BCUT2D eigenvalue weighted by Crippen LogP contribution is -1.84. The van der Waals surface area contributed by atoms with Crippen LogP contribution in [0.2, 0.25) is 5.02 Å². The van der Waals surface area contributed by atoms with Crippen molar-refractivity contribution in [1.82, 2.24) is 4.98 Å². The summed E-state index contributed by atoms with van der Waals surface area (Å²) in [6, 6.07) is 11.5. The van der Waals surface area contributed by atoms with Crippen molar-refractivity contribution in [2.24, 2.45) is 0 Å². The van der Waals surface area contributed by atoms with Gasteiger partial charge in [-0.3, -0.25) is 9.78 Å². The van der Waals surface area contributed by atoms with E-state index < -0.39 is 0 Å². The molecule has 0 aliphatic heterocycles. The monoisotopic (exact) mass is 287 g/mol. The van der Waals surface area contributed by atoms with Gasteiger partial charge in [0.15, 0.2) is 5.78 Å². The molecule has 0 aliphatic carbocycles. The highest BCUT2D eigenvalue weighted by molar-refractivity contribution is 7.17. The first-order valence-electron chi connectivity index (χ1n) is 5.81. The zero-order chi connectivity index (χ0) is 13.4. The van der Waals surface area contributed by atoms with Crippen LogP contribution in [0.1, 0.15) is 16.6 Å². The van der Waals surface area contributed by atoms with Crippen LogP contribution in [-0.4, -0.2) is 10.8 Å². The second kappa shape index (κ2) is 4.76. The highest BCUT2D eigenvalue weighted by Crippen LogP contribution is 2.35. The zero-order valence-corrected chi connectivity index (χ0v) is 11.8. The van der Waals surface area contributed by atoms with E-state index in [1.165, 1.54) is 11.3 Å². The number of halogens is 1. The number of carbonyl (C=O) groups excluding carboxylic acids is 1. The lowest BCUT2D eigenvalue weighted by Gasteiger charge is -2.05. The Morgan fingerprint density at radius 3 is 2.79 bits per heavy atom. The summed E-state index contributed by atoms with van der Waals surface area (Å²) in [7, 11) is 0. The number of pyridine rings is 1. The maximum atomic E-state index is 11.4. The molecule has 2 nitrogen and oxygen atoms in total. The van der Waals surface area contributed by atoms with E-state index in [0.29, 0.717) is 5.02 Å². The van der Waals surface area contributed by atoms with E-state index in [1.807, 2.05) is 36.4 Å². The molecule has 0 N–H and O–H groups in total. The fourth-order valence-electron chi connectivity index (χ4n) is 2.01. The summed E-state index contributed by atoms with van der Waals surface area (Å²) < 4.78 is 0. The molecule has 3 aromatic rings. The van der Waals surface area contributed by atoms with Gasteiger partial charge in [-0.05, 0) is 43.3 Å². The highest BCUT2D eigenvalue weighted by Gasteiger charge is 2.11. The largest absolute Gasteiger partial charge is 0.294 e. The summed E-state index contributed by atoms with van der Waals surface area (Å²) >= 11 is 7.66. The third-order valence-electron chi connectivity index (χ3n) is 2.93. The van der Waals surface area contributed by atoms with E-state index >= 15 is 0 Å². The van der Waals surface area contributed by atoms with E-state index in [2.05, 4.69) is 4.98 Å².